The number of benzene rings is 1. The van der Waals surface area contributed by atoms with Crippen molar-refractivity contribution in [1.29, 1.82) is 0 Å². The molecule has 3 rings (SSSR count). The monoisotopic (exact) mass is 419 g/mol. The molecule has 1 aliphatic heterocycles. The molecule has 1 amide bonds. The maximum Gasteiger partial charge on any atom is 0.246 e. The van der Waals surface area contributed by atoms with Crippen molar-refractivity contribution >= 4 is 27.6 Å². The van der Waals surface area contributed by atoms with Gasteiger partial charge in [-0.15, -0.1) is 0 Å². The number of aromatic nitrogens is 2. The van der Waals surface area contributed by atoms with Gasteiger partial charge < -0.3 is 15.1 Å². The molecular formula is C18H25N7O3S. The van der Waals surface area contributed by atoms with Crippen molar-refractivity contribution in [2.75, 3.05) is 38.6 Å². The van der Waals surface area contributed by atoms with Crippen molar-refractivity contribution in [3.05, 3.63) is 42.2 Å². The van der Waals surface area contributed by atoms with Gasteiger partial charge in [0.1, 0.15) is 6.54 Å². The van der Waals surface area contributed by atoms with E-state index in [-0.39, 0.29) is 17.3 Å². The van der Waals surface area contributed by atoms with Crippen molar-refractivity contribution < 1.29 is 13.2 Å². The number of nitrogens with one attached hydrogen (secondary N) is 2. The Labute approximate surface area is 170 Å². The molecule has 1 saturated heterocycles. The summed E-state index contributed by atoms with van der Waals surface area (Å²) >= 11 is 0. The number of rotatable bonds is 5. The Kier molecular flexibility index (Phi) is 6.18. The highest BCUT2D eigenvalue weighted by Gasteiger charge is 2.27. The summed E-state index contributed by atoms with van der Waals surface area (Å²) in [7, 11) is 1.41. The average molecular weight is 420 g/mol. The van der Waals surface area contributed by atoms with Crippen LogP contribution in [0.15, 0.2) is 46.5 Å². The van der Waals surface area contributed by atoms with Gasteiger partial charge in [0.25, 0.3) is 0 Å². The molecule has 0 atom stereocenters. The second kappa shape index (κ2) is 8.62. The highest BCUT2D eigenvalue weighted by atomic mass is 32.2. The molecule has 0 saturated carbocycles. The number of anilines is 1. The van der Waals surface area contributed by atoms with Gasteiger partial charge in [-0.05, 0) is 24.7 Å². The molecular weight excluding hydrogens is 394 g/mol. The molecule has 29 heavy (non-hydrogen) atoms. The number of piperazine rings is 1. The first kappa shape index (κ1) is 20.8. The zero-order valence-corrected chi connectivity index (χ0v) is 17.5. The predicted octanol–water partition coefficient (Wildman–Crippen LogP) is -0.248. The van der Waals surface area contributed by atoms with Gasteiger partial charge in [0, 0.05) is 39.9 Å². The van der Waals surface area contributed by atoms with E-state index in [2.05, 4.69) is 20.1 Å². The van der Waals surface area contributed by atoms with E-state index in [0.29, 0.717) is 25.6 Å². The molecule has 1 aromatic carbocycles. The van der Waals surface area contributed by atoms with E-state index in [1.165, 1.54) is 7.05 Å². The van der Waals surface area contributed by atoms with Crippen LogP contribution < -0.4 is 14.9 Å². The molecule has 0 aliphatic carbocycles. The second-order valence-electron chi connectivity index (χ2n) is 6.59. The van der Waals surface area contributed by atoms with Crippen molar-refractivity contribution in [3.63, 3.8) is 0 Å². The molecule has 0 bridgehead atoms. The van der Waals surface area contributed by atoms with Crippen LogP contribution in [0.1, 0.15) is 5.56 Å². The highest BCUT2D eigenvalue weighted by molar-refractivity contribution is 7.89. The first-order valence-corrected chi connectivity index (χ1v) is 10.6. The Morgan fingerprint density at radius 3 is 2.52 bits per heavy atom. The molecule has 2 heterocycles. The normalized spacial score (nSPS) is 15.7. The predicted molar refractivity (Wildman–Crippen MR) is 110 cm³/mol. The third-order valence-electron chi connectivity index (χ3n) is 4.69. The first-order chi connectivity index (χ1) is 13.8. The van der Waals surface area contributed by atoms with Crippen LogP contribution in [-0.2, 0) is 28.4 Å². The minimum Gasteiger partial charge on any atom is -0.352 e. The molecule has 2 aromatic rings. The van der Waals surface area contributed by atoms with Crippen LogP contribution in [-0.4, -0.2) is 68.7 Å². The number of aliphatic imine (C=N–C) groups is 1. The number of sulfonamides is 1. The number of amides is 1. The Bertz CT molecular complexity index is 999. The van der Waals surface area contributed by atoms with E-state index >= 15 is 0 Å². The molecule has 2 N–H and O–H groups in total. The SMILES string of the molecule is CN=C(NCc1ccc(S(=O)(=O)NC)cc1)N1CCN(c2cnn(C)c2)C(=O)C1. The summed E-state index contributed by atoms with van der Waals surface area (Å²) in [5, 5.41) is 7.35. The lowest BCUT2D eigenvalue weighted by atomic mass is 10.2. The van der Waals surface area contributed by atoms with Crippen LogP contribution in [0.4, 0.5) is 5.69 Å². The third-order valence-corrected chi connectivity index (χ3v) is 6.12. The summed E-state index contributed by atoms with van der Waals surface area (Å²) in [6.07, 6.45) is 3.50. The second-order valence-corrected chi connectivity index (χ2v) is 8.48. The summed E-state index contributed by atoms with van der Waals surface area (Å²) < 4.78 is 27.6. The van der Waals surface area contributed by atoms with Gasteiger partial charge in [-0.1, -0.05) is 12.1 Å². The van der Waals surface area contributed by atoms with E-state index in [9.17, 15) is 13.2 Å². The maximum absolute atomic E-state index is 12.6. The van der Waals surface area contributed by atoms with Crippen LogP contribution in [0.25, 0.3) is 0 Å². The quantitative estimate of drug-likeness (QED) is 0.511. The number of hydrogen-bond acceptors (Lipinski definition) is 5. The van der Waals surface area contributed by atoms with E-state index in [0.717, 1.165) is 11.3 Å². The Balaban J connectivity index is 1.59. The van der Waals surface area contributed by atoms with E-state index in [1.807, 2.05) is 18.1 Å². The molecule has 11 heteroatoms. The van der Waals surface area contributed by atoms with Gasteiger partial charge in [0.2, 0.25) is 15.9 Å². The van der Waals surface area contributed by atoms with Crippen molar-refractivity contribution in [1.82, 2.24) is 24.7 Å². The van der Waals surface area contributed by atoms with Gasteiger partial charge >= 0.3 is 0 Å². The van der Waals surface area contributed by atoms with Gasteiger partial charge in [-0.25, -0.2) is 13.1 Å². The van der Waals surface area contributed by atoms with Gasteiger partial charge in [0.15, 0.2) is 5.96 Å². The lowest BCUT2D eigenvalue weighted by Crippen LogP contribution is -2.55. The average Bonchev–Trinajstić information content (AvgIpc) is 3.15. The summed E-state index contributed by atoms with van der Waals surface area (Å²) in [6, 6.07) is 6.61. The van der Waals surface area contributed by atoms with Crippen LogP contribution >= 0.6 is 0 Å². The molecule has 10 nitrogen and oxygen atoms in total. The van der Waals surface area contributed by atoms with Crippen LogP contribution in [0.3, 0.4) is 0 Å². The van der Waals surface area contributed by atoms with Gasteiger partial charge in [-0.2, -0.15) is 5.10 Å². The van der Waals surface area contributed by atoms with Gasteiger partial charge in [0.05, 0.1) is 16.8 Å². The highest BCUT2D eigenvalue weighted by Crippen LogP contribution is 2.16. The lowest BCUT2D eigenvalue weighted by molar-refractivity contribution is -0.120. The molecule has 1 aromatic heterocycles. The topological polar surface area (TPSA) is 112 Å². The smallest absolute Gasteiger partial charge is 0.246 e. The number of carbonyl (C=O) groups excluding carboxylic acids is 1. The van der Waals surface area contributed by atoms with Crippen molar-refractivity contribution in [2.24, 2.45) is 12.0 Å². The van der Waals surface area contributed by atoms with Crippen molar-refractivity contribution in [3.8, 4) is 0 Å². The number of hydrogen-bond donors (Lipinski definition) is 2. The molecule has 1 fully saturated rings. The summed E-state index contributed by atoms with van der Waals surface area (Å²) in [6.45, 7) is 1.86. The zero-order valence-electron chi connectivity index (χ0n) is 16.7. The largest absolute Gasteiger partial charge is 0.352 e. The number of guanidine groups is 1. The summed E-state index contributed by atoms with van der Waals surface area (Å²) in [5.74, 6) is 0.602. The number of nitrogens with zero attached hydrogens (tertiary/aromatic N) is 5. The number of aryl methyl sites for hydroxylation is 1. The molecule has 0 spiro atoms. The fourth-order valence-corrected chi connectivity index (χ4v) is 3.82. The minimum absolute atomic E-state index is 0.0196. The third kappa shape index (κ3) is 4.74. The van der Waals surface area contributed by atoms with Crippen molar-refractivity contribution in [2.45, 2.75) is 11.4 Å². The Morgan fingerprint density at radius 1 is 1.24 bits per heavy atom. The summed E-state index contributed by atoms with van der Waals surface area (Å²) in [5.41, 5.74) is 1.69. The van der Waals surface area contributed by atoms with Crippen LogP contribution in [0.2, 0.25) is 0 Å². The molecule has 0 unspecified atom stereocenters. The van der Waals surface area contributed by atoms with Crippen LogP contribution in [0.5, 0.6) is 0 Å². The minimum atomic E-state index is -3.45. The lowest BCUT2D eigenvalue weighted by Gasteiger charge is -2.35. The van der Waals surface area contributed by atoms with E-state index in [1.54, 1.807) is 47.1 Å². The first-order valence-electron chi connectivity index (χ1n) is 9.11. The fraction of sp³-hybridized carbons (Fsp3) is 0.389. The molecule has 0 radical (unpaired) electrons. The fourth-order valence-electron chi connectivity index (χ4n) is 3.09. The van der Waals surface area contributed by atoms with Crippen LogP contribution in [0, 0.1) is 0 Å². The van der Waals surface area contributed by atoms with Gasteiger partial charge in [-0.3, -0.25) is 14.5 Å². The maximum atomic E-state index is 12.6. The molecule has 1 aliphatic rings. The molecule has 156 valence electrons. The van der Waals surface area contributed by atoms with E-state index < -0.39 is 10.0 Å². The zero-order chi connectivity index (χ0) is 21.0. The standard InChI is InChI=1S/C18H25N7O3S/c1-19-18(21-10-14-4-6-16(7-5-14)29(27,28)20-2)24-8-9-25(17(26)13-24)15-11-22-23(3)12-15/h4-7,11-12,20H,8-10,13H2,1-3H3,(H,19,21). The summed E-state index contributed by atoms with van der Waals surface area (Å²) in [4.78, 5) is 20.7. The number of carbonyl (C=O) groups is 1. The Morgan fingerprint density at radius 2 is 1.97 bits per heavy atom. The van der Waals surface area contributed by atoms with E-state index in [4.69, 9.17) is 0 Å². The Hall–Kier alpha value is -2.92.